The summed E-state index contributed by atoms with van der Waals surface area (Å²) in [6, 6.07) is 8.28. The molecule has 1 aromatic carbocycles. The molecule has 1 N–H and O–H groups in total. The van der Waals surface area contributed by atoms with Gasteiger partial charge in [0.1, 0.15) is 6.33 Å². The van der Waals surface area contributed by atoms with Gasteiger partial charge in [-0.15, -0.1) is 0 Å². The molecule has 0 bridgehead atoms. The van der Waals surface area contributed by atoms with Crippen molar-refractivity contribution in [2.75, 3.05) is 17.7 Å². The zero-order valence-corrected chi connectivity index (χ0v) is 13.6. The summed E-state index contributed by atoms with van der Waals surface area (Å²) in [4.78, 5) is 18.4. The van der Waals surface area contributed by atoms with E-state index in [4.69, 9.17) is 0 Å². The summed E-state index contributed by atoms with van der Waals surface area (Å²) < 4.78 is 0. The molecule has 1 aromatic heterocycles. The van der Waals surface area contributed by atoms with Crippen molar-refractivity contribution in [3.05, 3.63) is 47.9 Å². The normalized spacial score (nSPS) is 17.8. The Bertz CT molecular complexity index is 722. The van der Waals surface area contributed by atoms with Gasteiger partial charge in [-0.3, -0.25) is 9.89 Å². The number of rotatable bonds is 4. The molecule has 0 aliphatic carbocycles. The van der Waals surface area contributed by atoms with Crippen LogP contribution < -0.4 is 4.90 Å². The van der Waals surface area contributed by atoms with Crippen LogP contribution in [0.25, 0.3) is 0 Å². The van der Waals surface area contributed by atoms with Crippen molar-refractivity contribution in [1.29, 1.82) is 0 Å². The zero-order valence-electron chi connectivity index (χ0n) is 12.8. The van der Waals surface area contributed by atoms with Gasteiger partial charge in [0, 0.05) is 29.9 Å². The van der Waals surface area contributed by atoms with Crippen LogP contribution >= 0.6 is 11.8 Å². The van der Waals surface area contributed by atoms with Gasteiger partial charge in [-0.2, -0.15) is 5.10 Å². The Morgan fingerprint density at radius 1 is 1.41 bits per heavy atom. The second-order valence-corrected chi connectivity index (χ2v) is 6.74. The Morgan fingerprint density at radius 2 is 2.18 bits per heavy atom. The van der Waals surface area contributed by atoms with Crippen molar-refractivity contribution in [2.24, 2.45) is 0 Å². The lowest BCUT2D eigenvalue weighted by atomic mass is 9.83. The van der Waals surface area contributed by atoms with Gasteiger partial charge in [-0.1, -0.05) is 43.8 Å². The van der Waals surface area contributed by atoms with E-state index in [2.05, 4.69) is 46.1 Å². The lowest BCUT2D eigenvalue weighted by molar-refractivity contribution is -0.112. The first-order chi connectivity index (χ1) is 10.5. The number of nitrogens with one attached hydrogen (secondary N) is 1. The number of likely N-dealkylation sites (N-methyl/N-ethyl adjacent to an activating group) is 1. The van der Waals surface area contributed by atoms with E-state index >= 15 is 0 Å². The van der Waals surface area contributed by atoms with E-state index in [1.807, 2.05) is 19.2 Å². The maximum Gasteiger partial charge on any atom is 0.183 e. The monoisotopic (exact) mass is 314 g/mol. The number of hydrogen-bond donors (Lipinski definition) is 1. The summed E-state index contributed by atoms with van der Waals surface area (Å²) in [6.07, 6.45) is 3.19. The van der Waals surface area contributed by atoms with E-state index in [0.717, 1.165) is 11.4 Å². The Morgan fingerprint density at radius 3 is 2.86 bits per heavy atom. The number of aromatic nitrogens is 3. The number of thioether (sulfide) groups is 1. The van der Waals surface area contributed by atoms with Gasteiger partial charge in [0.25, 0.3) is 0 Å². The molecule has 0 fully saturated rings. The third-order valence-electron chi connectivity index (χ3n) is 3.98. The number of benzene rings is 1. The van der Waals surface area contributed by atoms with E-state index < -0.39 is 0 Å². The highest BCUT2D eigenvalue weighted by atomic mass is 32.2. The molecule has 0 atom stereocenters. The summed E-state index contributed by atoms with van der Waals surface area (Å²) in [6.45, 7) is 4.30. The van der Waals surface area contributed by atoms with E-state index in [-0.39, 0.29) is 11.2 Å². The first kappa shape index (κ1) is 14.8. The van der Waals surface area contributed by atoms with Crippen LogP contribution in [0.4, 0.5) is 5.69 Å². The number of aromatic amines is 1. The summed E-state index contributed by atoms with van der Waals surface area (Å²) in [7, 11) is 2.01. The van der Waals surface area contributed by atoms with Crippen molar-refractivity contribution in [3.63, 3.8) is 0 Å². The van der Waals surface area contributed by atoms with Crippen LogP contribution in [0, 0.1) is 0 Å². The van der Waals surface area contributed by atoms with Crippen LogP contribution in [0.15, 0.2) is 47.5 Å². The summed E-state index contributed by atoms with van der Waals surface area (Å²) in [5.74, 6) is 0.419. The highest BCUT2D eigenvalue weighted by molar-refractivity contribution is 7.99. The summed E-state index contributed by atoms with van der Waals surface area (Å²) in [5, 5.41) is 7.18. The number of carbonyl (C=O) groups excluding carboxylic acids is 1. The van der Waals surface area contributed by atoms with Crippen LogP contribution in [0.3, 0.4) is 0 Å². The van der Waals surface area contributed by atoms with Crippen LogP contribution in [-0.2, 0) is 10.2 Å². The Balaban J connectivity index is 1.81. The van der Waals surface area contributed by atoms with Crippen LogP contribution in [0.1, 0.15) is 19.4 Å². The average molecular weight is 314 g/mol. The molecule has 0 amide bonds. The fourth-order valence-corrected chi connectivity index (χ4v) is 3.46. The van der Waals surface area contributed by atoms with Gasteiger partial charge in [-0.05, 0) is 11.6 Å². The molecular formula is C16H18N4OS. The van der Waals surface area contributed by atoms with Gasteiger partial charge < -0.3 is 4.90 Å². The minimum absolute atomic E-state index is 0.0733. The molecule has 1 aliphatic rings. The van der Waals surface area contributed by atoms with Crippen molar-refractivity contribution < 1.29 is 4.79 Å². The molecule has 1 aliphatic heterocycles. The van der Waals surface area contributed by atoms with Crippen LogP contribution in [0.2, 0.25) is 0 Å². The molecular weight excluding hydrogens is 296 g/mol. The minimum Gasteiger partial charge on any atom is -0.347 e. The largest absolute Gasteiger partial charge is 0.347 e. The van der Waals surface area contributed by atoms with Gasteiger partial charge in [0.2, 0.25) is 0 Å². The van der Waals surface area contributed by atoms with Crippen LogP contribution in [0.5, 0.6) is 0 Å². The molecule has 0 unspecified atom stereocenters. The first-order valence-corrected chi connectivity index (χ1v) is 8.05. The van der Waals surface area contributed by atoms with Gasteiger partial charge >= 0.3 is 0 Å². The molecule has 0 saturated carbocycles. The van der Waals surface area contributed by atoms with Gasteiger partial charge in [0.05, 0.1) is 5.75 Å². The van der Waals surface area contributed by atoms with E-state index in [1.165, 1.54) is 23.7 Å². The Labute approximate surface area is 133 Å². The number of ketones is 1. The third-order valence-corrected chi connectivity index (χ3v) is 4.88. The molecule has 3 rings (SSSR count). The maximum absolute atomic E-state index is 12.3. The summed E-state index contributed by atoms with van der Waals surface area (Å²) in [5.41, 5.74) is 3.27. The number of carbonyl (C=O) groups is 1. The minimum atomic E-state index is -0.169. The second kappa shape index (κ2) is 5.61. The van der Waals surface area contributed by atoms with E-state index in [0.29, 0.717) is 10.9 Å². The zero-order chi connectivity index (χ0) is 15.7. The smallest absolute Gasteiger partial charge is 0.183 e. The number of H-pyrrole nitrogens is 1. The van der Waals surface area contributed by atoms with E-state index in [9.17, 15) is 4.79 Å². The number of anilines is 1. The number of para-hydroxylation sites is 1. The standard InChI is InChI=1S/C16H18N4OS/c1-16(2)12-6-4-5-7-13(12)20(3)14(16)8-11(21)9-22-15-17-10-18-19-15/h4-8,10H,9H2,1-3H3,(H,17,18,19)/b14-8+. The topological polar surface area (TPSA) is 61.9 Å². The predicted octanol–water partition coefficient (Wildman–Crippen LogP) is 2.78. The lowest BCUT2D eigenvalue weighted by Gasteiger charge is -2.23. The molecule has 22 heavy (non-hydrogen) atoms. The van der Waals surface area contributed by atoms with Gasteiger partial charge in [-0.25, -0.2) is 4.98 Å². The van der Waals surface area contributed by atoms with Crippen LogP contribution in [-0.4, -0.2) is 33.8 Å². The Kier molecular flexibility index (Phi) is 3.78. The Hall–Kier alpha value is -2.08. The molecule has 5 nitrogen and oxygen atoms in total. The molecule has 0 spiro atoms. The van der Waals surface area contributed by atoms with Crippen molar-refractivity contribution in [2.45, 2.75) is 24.4 Å². The molecule has 0 saturated heterocycles. The highest BCUT2D eigenvalue weighted by Crippen LogP contribution is 2.46. The first-order valence-electron chi connectivity index (χ1n) is 7.06. The van der Waals surface area contributed by atoms with Crippen molar-refractivity contribution in [3.8, 4) is 0 Å². The van der Waals surface area contributed by atoms with Crippen molar-refractivity contribution in [1.82, 2.24) is 15.2 Å². The predicted molar refractivity (Wildman–Crippen MR) is 88.1 cm³/mol. The number of hydrogen-bond acceptors (Lipinski definition) is 5. The fourth-order valence-electron chi connectivity index (χ4n) is 2.86. The number of fused-ring (bicyclic) bond motifs is 1. The molecule has 114 valence electrons. The SMILES string of the molecule is CN1/C(=C/C(=O)CSc2ncn[nH]2)C(C)(C)c2ccccc21. The number of nitrogens with zero attached hydrogens (tertiary/aromatic N) is 3. The van der Waals surface area contributed by atoms with Gasteiger partial charge in [0.15, 0.2) is 10.9 Å². The fraction of sp³-hybridized carbons (Fsp3) is 0.312. The molecule has 2 aromatic rings. The molecule has 6 heteroatoms. The summed E-state index contributed by atoms with van der Waals surface area (Å²) >= 11 is 1.36. The van der Waals surface area contributed by atoms with Crippen molar-refractivity contribution >= 4 is 23.2 Å². The van der Waals surface area contributed by atoms with E-state index in [1.54, 1.807) is 6.08 Å². The quantitative estimate of drug-likeness (QED) is 0.694. The average Bonchev–Trinajstić information content (AvgIpc) is 3.08. The lowest BCUT2D eigenvalue weighted by Crippen LogP contribution is -2.24. The highest BCUT2D eigenvalue weighted by Gasteiger charge is 2.38. The molecule has 2 heterocycles. The molecule has 0 radical (unpaired) electrons. The third kappa shape index (κ3) is 2.54. The second-order valence-electron chi connectivity index (χ2n) is 5.78. The maximum atomic E-state index is 12.3. The number of allylic oxidation sites excluding steroid dienone is 2.